The molecule has 0 saturated heterocycles. The number of carbonyl (C=O) groups is 1. The lowest BCUT2D eigenvalue weighted by Gasteiger charge is -2.05. The highest BCUT2D eigenvalue weighted by Gasteiger charge is 2.06. The average Bonchev–Trinajstić information content (AvgIpc) is 2.72. The van der Waals surface area contributed by atoms with E-state index < -0.39 is 0 Å². The quantitative estimate of drug-likeness (QED) is 0.261. The van der Waals surface area contributed by atoms with Crippen LogP contribution in [0.3, 0.4) is 0 Å². The number of carbonyl (C=O) groups excluding carboxylic acids is 1. The molecule has 3 aromatic rings. The van der Waals surface area contributed by atoms with Gasteiger partial charge in [0.2, 0.25) is 0 Å². The van der Waals surface area contributed by atoms with Gasteiger partial charge in [0.05, 0.1) is 5.71 Å². The van der Waals surface area contributed by atoms with Gasteiger partial charge in [-0.1, -0.05) is 52.0 Å². The first-order valence-corrected chi connectivity index (χ1v) is 9.99. The summed E-state index contributed by atoms with van der Waals surface area (Å²) in [5, 5.41) is 4.91. The van der Waals surface area contributed by atoms with Crippen molar-refractivity contribution in [2.45, 2.75) is 17.8 Å². The zero-order valence-corrected chi connectivity index (χ0v) is 17.0. The molecule has 27 heavy (non-hydrogen) atoms. The summed E-state index contributed by atoms with van der Waals surface area (Å²) in [7, 11) is 0. The first-order valence-electron chi connectivity index (χ1n) is 8.21. The number of nitrogens with one attached hydrogen (secondary N) is 1. The summed E-state index contributed by atoms with van der Waals surface area (Å²) in [5.41, 5.74) is 5.95. The number of hydrogen-bond acceptors (Lipinski definition) is 5. The predicted molar refractivity (Wildman–Crippen MR) is 112 cm³/mol. The molecule has 3 rings (SSSR count). The molecule has 0 bridgehead atoms. The number of amides is 1. The Bertz CT molecular complexity index is 928. The van der Waals surface area contributed by atoms with Crippen molar-refractivity contribution in [2.24, 2.45) is 5.10 Å². The molecule has 1 amide bonds. The van der Waals surface area contributed by atoms with Crippen molar-refractivity contribution in [1.29, 1.82) is 0 Å². The minimum atomic E-state index is -0.239. The fourth-order valence-corrected chi connectivity index (χ4v) is 3.24. The third-order valence-corrected chi connectivity index (χ3v) is 5.19. The molecule has 0 atom stereocenters. The molecular formula is C20H17BrN4OS. The van der Waals surface area contributed by atoms with E-state index in [0.29, 0.717) is 5.56 Å². The monoisotopic (exact) mass is 440 g/mol. The van der Waals surface area contributed by atoms with Crippen molar-refractivity contribution in [3.63, 3.8) is 0 Å². The Morgan fingerprint density at radius 1 is 1.04 bits per heavy atom. The van der Waals surface area contributed by atoms with E-state index in [1.165, 1.54) is 0 Å². The van der Waals surface area contributed by atoms with E-state index in [-0.39, 0.29) is 5.91 Å². The molecule has 0 aliphatic heterocycles. The van der Waals surface area contributed by atoms with Crippen LogP contribution < -0.4 is 5.43 Å². The highest BCUT2D eigenvalue weighted by Crippen LogP contribution is 2.18. The summed E-state index contributed by atoms with van der Waals surface area (Å²) in [6.45, 7) is 1.86. The van der Waals surface area contributed by atoms with Crippen LogP contribution in [0.25, 0.3) is 0 Å². The lowest BCUT2D eigenvalue weighted by molar-refractivity contribution is 0.0955. The molecule has 1 N–H and O–H groups in total. The van der Waals surface area contributed by atoms with Crippen molar-refractivity contribution in [2.75, 3.05) is 0 Å². The minimum Gasteiger partial charge on any atom is -0.267 e. The van der Waals surface area contributed by atoms with Crippen LogP contribution in [0.4, 0.5) is 0 Å². The largest absolute Gasteiger partial charge is 0.271 e. The Labute approximate surface area is 170 Å². The molecule has 0 spiro atoms. The molecule has 0 fully saturated rings. The first-order chi connectivity index (χ1) is 13.1. The smallest absolute Gasteiger partial charge is 0.267 e. The molecule has 0 unspecified atom stereocenters. The first kappa shape index (κ1) is 19.3. The van der Waals surface area contributed by atoms with E-state index in [4.69, 9.17) is 0 Å². The van der Waals surface area contributed by atoms with E-state index in [9.17, 15) is 4.79 Å². The summed E-state index contributed by atoms with van der Waals surface area (Å²) in [6, 6.07) is 17.0. The van der Waals surface area contributed by atoms with Gasteiger partial charge in [0.15, 0.2) is 5.16 Å². The van der Waals surface area contributed by atoms with Gasteiger partial charge in [0, 0.05) is 28.2 Å². The van der Waals surface area contributed by atoms with E-state index in [1.54, 1.807) is 42.4 Å². The molecule has 1 heterocycles. The normalized spacial score (nSPS) is 11.3. The number of aromatic nitrogens is 2. The molecule has 2 aromatic carbocycles. The molecule has 5 nitrogen and oxygen atoms in total. The van der Waals surface area contributed by atoms with E-state index >= 15 is 0 Å². The Kier molecular flexibility index (Phi) is 6.73. The van der Waals surface area contributed by atoms with Crippen LogP contribution in [0.5, 0.6) is 0 Å². The average molecular weight is 441 g/mol. The molecule has 136 valence electrons. The van der Waals surface area contributed by atoms with Crippen molar-refractivity contribution >= 4 is 39.3 Å². The van der Waals surface area contributed by atoms with E-state index in [0.717, 1.165) is 32.2 Å². The number of thioether (sulfide) groups is 1. The van der Waals surface area contributed by atoms with Gasteiger partial charge in [-0.15, -0.1) is 0 Å². The number of hydrazone groups is 1. The van der Waals surface area contributed by atoms with Crippen LogP contribution >= 0.6 is 27.7 Å². The topological polar surface area (TPSA) is 67.2 Å². The maximum absolute atomic E-state index is 12.3. The van der Waals surface area contributed by atoms with Crippen molar-refractivity contribution < 1.29 is 4.79 Å². The predicted octanol–water partition coefficient (Wildman–Crippen LogP) is 4.69. The highest BCUT2D eigenvalue weighted by molar-refractivity contribution is 9.10. The second kappa shape index (κ2) is 9.43. The zero-order valence-electron chi connectivity index (χ0n) is 14.6. The Balaban J connectivity index is 1.57. The maximum atomic E-state index is 12.3. The van der Waals surface area contributed by atoms with Gasteiger partial charge in [-0.3, -0.25) is 4.79 Å². The molecule has 7 heteroatoms. The van der Waals surface area contributed by atoms with E-state index in [1.807, 2.05) is 43.3 Å². The lowest BCUT2D eigenvalue weighted by atomic mass is 10.1. The molecule has 0 saturated carbocycles. The number of rotatable bonds is 6. The minimum absolute atomic E-state index is 0.239. The molecule has 0 aliphatic rings. The van der Waals surface area contributed by atoms with Gasteiger partial charge in [0.25, 0.3) is 5.91 Å². The van der Waals surface area contributed by atoms with Gasteiger partial charge >= 0.3 is 0 Å². The summed E-state index contributed by atoms with van der Waals surface area (Å²) >= 11 is 4.95. The number of nitrogens with zero attached hydrogens (tertiary/aromatic N) is 3. The van der Waals surface area contributed by atoms with Crippen LogP contribution in [0.2, 0.25) is 0 Å². The molecule has 1 aromatic heterocycles. The summed E-state index contributed by atoms with van der Waals surface area (Å²) in [6.07, 6.45) is 3.44. The van der Waals surface area contributed by atoms with Crippen molar-refractivity contribution in [1.82, 2.24) is 15.4 Å². The zero-order chi connectivity index (χ0) is 19.1. The lowest BCUT2D eigenvalue weighted by Crippen LogP contribution is -2.19. The summed E-state index contributed by atoms with van der Waals surface area (Å²) in [4.78, 5) is 20.6. The number of benzene rings is 2. The van der Waals surface area contributed by atoms with Gasteiger partial charge < -0.3 is 0 Å². The van der Waals surface area contributed by atoms with E-state index in [2.05, 4.69) is 36.4 Å². The number of hydrogen-bond donors (Lipinski definition) is 1. The van der Waals surface area contributed by atoms with Crippen LogP contribution in [0.1, 0.15) is 28.4 Å². The maximum Gasteiger partial charge on any atom is 0.271 e. The van der Waals surface area contributed by atoms with Gasteiger partial charge in [-0.25, -0.2) is 15.4 Å². The summed E-state index contributed by atoms with van der Waals surface area (Å²) < 4.78 is 1.00. The fraction of sp³-hybridized carbons (Fsp3) is 0.100. The van der Waals surface area contributed by atoms with Crippen LogP contribution in [0.15, 0.2) is 81.7 Å². The second-order valence-corrected chi connectivity index (χ2v) is 7.52. The molecule has 0 radical (unpaired) electrons. The van der Waals surface area contributed by atoms with Gasteiger partial charge in [-0.2, -0.15) is 5.10 Å². The number of halogens is 1. The molecular weight excluding hydrogens is 424 g/mol. The van der Waals surface area contributed by atoms with Crippen LogP contribution in [-0.4, -0.2) is 21.6 Å². The Hall–Kier alpha value is -2.51. The van der Waals surface area contributed by atoms with Crippen molar-refractivity contribution in [3.8, 4) is 0 Å². The highest BCUT2D eigenvalue weighted by atomic mass is 79.9. The van der Waals surface area contributed by atoms with Gasteiger partial charge in [-0.05, 0) is 48.4 Å². The SMILES string of the molecule is CC(=NNC(=O)c1ccc(CSc2ncccn2)cc1)c1ccc(Br)cc1. The molecule has 0 aliphatic carbocycles. The Morgan fingerprint density at radius 3 is 2.33 bits per heavy atom. The van der Waals surface area contributed by atoms with Gasteiger partial charge in [0.1, 0.15) is 0 Å². The standard InChI is InChI=1S/C20H17BrN4OS/c1-14(16-7-9-18(21)10-8-16)24-25-19(26)17-5-3-15(4-6-17)13-27-20-22-11-2-12-23-20/h2-12H,13H2,1H3,(H,25,26). The fourth-order valence-electron chi connectivity index (χ4n) is 2.21. The third-order valence-electron chi connectivity index (χ3n) is 3.71. The second-order valence-electron chi connectivity index (χ2n) is 5.66. The van der Waals surface area contributed by atoms with Crippen LogP contribution in [-0.2, 0) is 5.75 Å². The van der Waals surface area contributed by atoms with Crippen molar-refractivity contribution in [3.05, 3.63) is 88.2 Å². The van der Waals surface area contributed by atoms with Crippen LogP contribution in [0, 0.1) is 0 Å². The third kappa shape index (κ3) is 5.74. The Morgan fingerprint density at radius 2 is 1.67 bits per heavy atom. The summed E-state index contributed by atoms with van der Waals surface area (Å²) in [5.74, 6) is 0.504.